The maximum absolute atomic E-state index is 12.9. The molecule has 0 unspecified atom stereocenters. The lowest BCUT2D eigenvalue weighted by molar-refractivity contribution is 0.0306. The minimum absolute atomic E-state index is 0.0368. The van der Waals surface area contributed by atoms with Gasteiger partial charge in [-0.1, -0.05) is 11.6 Å². The number of benzene rings is 2. The van der Waals surface area contributed by atoms with Gasteiger partial charge in [-0.05, 0) is 47.9 Å². The number of carbonyl (C=O) groups is 1. The van der Waals surface area contributed by atoms with Crippen molar-refractivity contribution in [2.75, 3.05) is 38.1 Å². The van der Waals surface area contributed by atoms with E-state index in [9.17, 15) is 13.2 Å². The van der Waals surface area contributed by atoms with Crippen molar-refractivity contribution in [3.05, 3.63) is 52.4 Å². The zero-order valence-electron chi connectivity index (χ0n) is 16.1. The first-order valence-electron chi connectivity index (χ1n) is 9.14. The largest absolute Gasteiger partial charge is 0.495 e. The minimum atomic E-state index is -3.92. The van der Waals surface area contributed by atoms with Crippen molar-refractivity contribution >= 4 is 54.6 Å². The Morgan fingerprint density at radius 3 is 2.67 bits per heavy atom. The van der Waals surface area contributed by atoms with E-state index in [0.717, 1.165) is 10.1 Å². The topological polar surface area (TPSA) is 84.9 Å². The molecule has 158 valence electrons. The monoisotopic (exact) mass is 466 g/mol. The van der Waals surface area contributed by atoms with Crippen LogP contribution in [-0.4, -0.2) is 52.6 Å². The molecule has 2 heterocycles. The molecule has 0 bridgehead atoms. The standard InChI is InChI=1S/C20H19ClN2O5S2/c1-27-16-4-2-14(21)12-19(16)30(25,26)22-15-3-5-17-13(10-15)11-18(29-17)20(24)23-6-8-28-9-7-23/h2-5,10-12,22H,6-9H2,1H3. The highest BCUT2D eigenvalue weighted by atomic mass is 35.5. The van der Waals surface area contributed by atoms with Gasteiger partial charge < -0.3 is 14.4 Å². The fourth-order valence-corrected chi connectivity index (χ4v) is 5.70. The molecule has 1 aromatic heterocycles. The number of halogens is 1. The van der Waals surface area contributed by atoms with Crippen LogP contribution in [-0.2, 0) is 14.8 Å². The van der Waals surface area contributed by atoms with E-state index < -0.39 is 10.0 Å². The lowest BCUT2D eigenvalue weighted by atomic mass is 10.2. The molecule has 2 aromatic carbocycles. The van der Waals surface area contributed by atoms with Crippen molar-refractivity contribution in [1.82, 2.24) is 4.90 Å². The van der Waals surface area contributed by atoms with Gasteiger partial charge in [0, 0.05) is 28.5 Å². The molecular weight excluding hydrogens is 448 g/mol. The molecule has 0 spiro atoms. The molecule has 0 radical (unpaired) electrons. The highest BCUT2D eigenvalue weighted by Gasteiger charge is 2.22. The summed E-state index contributed by atoms with van der Waals surface area (Å²) in [4.78, 5) is 15.0. The summed E-state index contributed by atoms with van der Waals surface area (Å²) >= 11 is 7.35. The summed E-state index contributed by atoms with van der Waals surface area (Å²) in [7, 11) is -2.52. The van der Waals surface area contributed by atoms with Gasteiger partial charge in [0.25, 0.3) is 15.9 Å². The molecule has 0 atom stereocenters. The van der Waals surface area contributed by atoms with Gasteiger partial charge in [-0.15, -0.1) is 11.3 Å². The van der Waals surface area contributed by atoms with Gasteiger partial charge in [0.2, 0.25) is 0 Å². The Balaban J connectivity index is 1.61. The van der Waals surface area contributed by atoms with Crippen LogP contribution in [0.2, 0.25) is 5.02 Å². The van der Waals surface area contributed by atoms with Crippen LogP contribution in [0.15, 0.2) is 47.4 Å². The van der Waals surface area contributed by atoms with Crippen molar-refractivity contribution in [3.63, 3.8) is 0 Å². The van der Waals surface area contributed by atoms with E-state index in [4.69, 9.17) is 21.1 Å². The third kappa shape index (κ3) is 4.24. The summed E-state index contributed by atoms with van der Waals surface area (Å²) in [5.74, 6) is 0.159. The fraction of sp³-hybridized carbons (Fsp3) is 0.250. The van der Waals surface area contributed by atoms with Gasteiger partial charge in [-0.25, -0.2) is 8.42 Å². The normalized spacial score (nSPS) is 14.7. The van der Waals surface area contributed by atoms with E-state index in [2.05, 4.69) is 4.72 Å². The zero-order chi connectivity index (χ0) is 21.3. The van der Waals surface area contributed by atoms with Gasteiger partial charge in [-0.2, -0.15) is 0 Å². The first kappa shape index (κ1) is 20.9. The maximum Gasteiger partial charge on any atom is 0.265 e. The number of amides is 1. The van der Waals surface area contributed by atoms with Crippen LogP contribution in [0.3, 0.4) is 0 Å². The van der Waals surface area contributed by atoms with Crippen molar-refractivity contribution in [3.8, 4) is 5.75 Å². The number of thiophene rings is 1. The lowest BCUT2D eigenvalue weighted by Crippen LogP contribution is -2.40. The van der Waals surface area contributed by atoms with Crippen molar-refractivity contribution in [2.45, 2.75) is 4.90 Å². The van der Waals surface area contributed by atoms with Crippen LogP contribution in [0.5, 0.6) is 5.75 Å². The van der Waals surface area contributed by atoms with Crippen LogP contribution in [0, 0.1) is 0 Å². The average molecular weight is 467 g/mol. The van der Waals surface area contributed by atoms with Crippen molar-refractivity contribution < 1.29 is 22.7 Å². The molecule has 0 saturated carbocycles. The molecule has 1 aliphatic heterocycles. The Labute approximate surface area is 183 Å². The van der Waals surface area contributed by atoms with Gasteiger partial charge >= 0.3 is 0 Å². The number of morpholine rings is 1. The van der Waals surface area contributed by atoms with Crippen LogP contribution < -0.4 is 9.46 Å². The summed E-state index contributed by atoms with van der Waals surface area (Å²) in [6.07, 6.45) is 0. The number of nitrogens with zero attached hydrogens (tertiary/aromatic N) is 1. The van der Waals surface area contributed by atoms with E-state index in [1.165, 1.54) is 30.6 Å². The second-order valence-electron chi connectivity index (χ2n) is 6.67. The van der Waals surface area contributed by atoms with Gasteiger partial charge in [0.1, 0.15) is 10.6 Å². The molecule has 1 amide bonds. The number of fused-ring (bicyclic) bond motifs is 1. The Bertz CT molecular complexity index is 1200. The van der Waals surface area contributed by atoms with Gasteiger partial charge in [0.15, 0.2) is 0 Å². The predicted octanol–water partition coefficient (Wildman–Crippen LogP) is 3.84. The third-order valence-corrected chi connectivity index (χ3v) is 7.43. The van der Waals surface area contributed by atoms with E-state index in [1.807, 2.05) is 0 Å². The maximum atomic E-state index is 12.9. The van der Waals surface area contributed by atoms with E-state index in [-0.39, 0.29) is 21.6 Å². The fourth-order valence-electron chi connectivity index (χ4n) is 3.21. The first-order chi connectivity index (χ1) is 14.4. The lowest BCUT2D eigenvalue weighted by Gasteiger charge is -2.26. The number of rotatable bonds is 5. The summed E-state index contributed by atoms with van der Waals surface area (Å²) in [6, 6.07) is 11.4. The van der Waals surface area contributed by atoms with Gasteiger partial charge in [0.05, 0.1) is 25.2 Å². The van der Waals surface area contributed by atoms with Crippen molar-refractivity contribution in [2.24, 2.45) is 0 Å². The predicted molar refractivity (Wildman–Crippen MR) is 117 cm³/mol. The summed E-state index contributed by atoms with van der Waals surface area (Å²) in [6.45, 7) is 2.21. The molecule has 1 saturated heterocycles. The summed E-state index contributed by atoms with van der Waals surface area (Å²) < 4.78 is 39.6. The molecule has 3 aromatic rings. The Hall–Kier alpha value is -2.33. The number of ether oxygens (including phenoxy) is 2. The number of anilines is 1. The SMILES string of the molecule is COc1ccc(Cl)cc1S(=O)(=O)Nc1ccc2sc(C(=O)N3CCOCC3)cc2c1. The second-order valence-corrected chi connectivity index (χ2v) is 9.84. The van der Waals surface area contributed by atoms with E-state index in [1.54, 1.807) is 35.2 Å². The number of carbonyl (C=O) groups excluding carboxylic acids is 1. The Kier molecular flexibility index (Phi) is 5.88. The zero-order valence-corrected chi connectivity index (χ0v) is 18.4. The van der Waals surface area contributed by atoms with E-state index in [0.29, 0.717) is 36.9 Å². The van der Waals surface area contributed by atoms with Crippen LogP contribution in [0.4, 0.5) is 5.69 Å². The number of nitrogens with one attached hydrogen (secondary N) is 1. The van der Waals surface area contributed by atoms with Crippen LogP contribution >= 0.6 is 22.9 Å². The summed E-state index contributed by atoms with van der Waals surface area (Å²) in [5, 5.41) is 1.07. The molecule has 4 rings (SSSR count). The number of methoxy groups -OCH3 is 1. The first-order valence-corrected chi connectivity index (χ1v) is 11.8. The molecule has 30 heavy (non-hydrogen) atoms. The molecule has 0 aliphatic carbocycles. The molecule has 1 N–H and O–H groups in total. The smallest absolute Gasteiger partial charge is 0.265 e. The third-order valence-electron chi connectivity index (χ3n) is 4.69. The molecule has 7 nitrogen and oxygen atoms in total. The average Bonchev–Trinajstić information content (AvgIpc) is 3.17. The molecule has 1 fully saturated rings. The number of sulfonamides is 1. The minimum Gasteiger partial charge on any atom is -0.495 e. The van der Waals surface area contributed by atoms with Crippen LogP contribution in [0.25, 0.3) is 10.1 Å². The molecule has 1 aliphatic rings. The summed E-state index contributed by atoms with van der Waals surface area (Å²) in [5.41, 5.74) is 0.382. The van der Waals surface area contributed by atoms with Crippen LogP contribution in [0.1, 0.15) is 9.67 Å². The Morgan fingerprint density at radius 1 is 1.17 bits per heavy atom. The van der Waals surface area contributed by atoms with Gasteiger partial charge in [-0.3, -0.25) is 9.52 Å². The highest BCUT2D eigenvalue weighted by Crippen LogP contribution is 2.32. The number of hydrogen-bond donors (Lipinski definition) is 1. The Morgan fingerprint density at radius 2 is 1.93 bits per heavy atom. The molecular formula is C20H19ClN2O5S2. The van der Waals surface area contributed by atoms with Crippen molar-refractivity contribution in [1.29, 1.82) is 0 Å². The molecule has 10 heteroatoms. The second kappa shape index (κ2) is 8.43. The van der Waals surface area contributed by atoms with E-state index >= 15 is 0 Å². The quantitative estimate of drug-likeness (QED) is 0.617. The highest BCUT2D eigenvalue weighted by molar-refractivity contribution is 7.92. The number of hydrogen-bond acceptors (Lipinski definition) is 6.